The summed E-state index contributed by atoms with van der Waals surface area (Å²) in [6.45, 7) is 14.0. The van der Waals surface area contributed by atoms with Crippen LogP contribution in [0.15, 0.2) is 18.2 Å². The van der Waals surface area contributed by atoms with E-state index in [1.807, 2.05) is 12.1 Å². The maximum Gasteiger partial charge on any atom is 0.0640 e. The standard InChI is InChI=1S/C17H28Cl2N2/c1-6-17(5,21(8-3)9-4)16(20-7-2)13-11-10-12-14(18)15(13)19/h10-12,16,20H,6-9H2,1-5H3. The Labute approximate surface area is 139 Å². The van der Waals surface area contributed by atoms with Gasteiger partial charge in [-0.15, -0.1) is 0 Å². The number of nitrogens with zero attached hydrogens (tertiary/aromatic N) is 1. The molecule has 0 saturated carbocycles. The van der Waals surface area contributed by atoms with Gasteiger partial charge in [0.1, 0.15) is 0 Å². The molecule has 21 heavy (non-hydrogen) atoms. The predicted octanol–water partition coefficient (Wildman–Crippen LogP) is 5.15. The molecule has 0 bridgehead atoms. The van der Waals surface area contributed by atoms with E-state index in [-0.39, 0.29) is 11.6 Å². The van der Waals surface area contributed by atoms with Crippen molar-refractivity contribution in [2.24, 2.45) is 0 Å². The van der Waals surface area contributed by atoms with E-state index in [4.69, 9.17) is 23.2 Å². The zero-order chi connectivity index (χ0) is 16.0. The molecule has 2 unspecified atom stereocenters. The normalized spacial score (nSPS) is 16.0. The summed E-state index contributed by atoms with van der Waals surface area (Å²) in [5.74, 6) is 0. The second kappa shape index (κ2) is 8.38. The lowest BCUT2D eigenvalue weighted by atomic mass is 9.82. The molecule has 0 aliphatic carbocycles. The lowest BCUT2D eigenvalue weighted by Crippen LogP contribution is -2.54. The van der Waals surface area contributed by atoms with E-state index >= 15 is 0 Å². The Bertz CT molecular complexity index is 446. The van der Waals surface area contributed by atoms with Crippen LogP contribution in [0.3, 0.4) is 0 Å². The third kappa shape index (κ3) is 3.92. The molecule has 1 aromatic carbocycles. The van der Waals surface area contributed by atoms with E-state index in [0.717, 1.165) is 31.6 Å². The summed E-state index contributed by atoms with van der Waals surface area (Å²) < 4.78 is 0. The number of benzene rings is 1. The molecule has 0 spiro atoms. The molecule has 120 valence electrons. The predicted molar refractivity (Wildman–Crippen MR) is 94.5 cm³/mol. The molecule has 0 aromatic heterocycles. The van der Waals surface area contributed by atoms with Crippen molar-refractivity contribution in [2.45, 2.75) is 52.6 Å². The monoisotopic (exact) mass is 330 g/mol. The van der Waals surface area contributed by atoms with Gasteiger partial charge in [0.05, 0.1) is 16.1 Å². The van der Waals surface area contributed by atoms with Gasteiger partial charge in [-0.2, -0.15) is 0 Å². The van der Waals surface area contributed by atoms with Crippen LogP contribution in [0.2, 0.25) is 10.0 Å². The summed E-state index contributed by atoms with van der Waals surface area (Å²) in [5.41, 5.74) is 1.08. The van der Waals surface area contributed by atoms with E-state index < -0.39 is 0 Å². The van der Waals surface area contributed by atoms with Crippen molar-refractivity contribution >= 4 is 23.2 Å². The Balaban J connectivity index is 3.35. The zero-order valence-corrected chi connectivity index (χ0v) is 15.4. The maximum absolute atomic E-state index is 6.49. The third-order valence-electron chi connectivity index (χ3n) is 4.52. The SMILES string of the molecule is CCNC(c1cccc(Cl)c1Cl)C(C)(CC)N(CC)CC. The van der Waals surface area contributed by atoms with Crippen molar-refractivity contribution in [3.63, 3.8) is 0 Å². The molecule has 0 radical (unpaired) electrons. The average molecular weight is 331 g/mol. The van der Waals surface area contributed by atoms with Crippen molar-refractivity contribution in [1.82, 2.24) is 10.2 Å². The van der Waals surface area contributed by atoms with Crippen molar-refractivity contribution in [2.75, 3.05) is 19.6 Å². The second-order valence-corrected chi connectivity index (χ2v) is 6.30. The summed E-state index contributed by atoms with van der Waals surface area (Å²) >= 11 is 12.7. The Morgan fingerprint density at radius 1 is 1.14 bits per heavy atom. The summed E-state index contributed by atoms with van der Waals surface area (Å²) in [7, 11) is 0. The fraction of sp³-hybridized carbons (Fsp3) is 0.647. The highest BCUT2D eigenvalue weighted by molar-refractivity contribution is 6.42. The van der Waals surface area contributed by atoms with Crippen LogP contribution in [-0.4, -0.2) is 30.1 Å². The highest BCUT2D eigenvalue weighted by Crippen LogP contribution is 2.39. The van der Waals surface area contributed by atoms with Crippen molar-refractivity contribution in [3.8, 4) is 0 Å². The van der Waals surface area contributed by atoms with Gasteiger partial charge in [0, 0.05) is 5.54 Å². The number of hydrogen-bond donors (Lipinski definition) is 1. The molecule has 2 atom stereocenters. The van der Waals surface area contributed by atoms with Gasteiger partial charge >= 0.3 is 0 Å². The molecule has 1 N–H and O–H groups in total. The first kappa shape index (κ1) is 18.8. The summed E-state index contributed by atoms with van der Waals surface area (Å²) in [6.07, 6.45) is 1.04. The van der Waals surface area contributed by atoms with Gasteiger partial charge in [-0.1, -0.05) is 63.0 Å². The first-order valence-electron chi connectivity index (χ1n) is 7.88. The minimum Gasteiger partial charge on any atom is -0.309 e. The number of halogens is 2. The van der Waals surface area contributed by atoms with Crippen LogP contribution in [-0.2, 0) is 0 Å². The van der Waals surface area contributed by atoms with Crippen LogP contribution < -0.4 is 5.32 Å². The lowest BCUT2D eigenvalue weighted by molar-refractivity contribution is 0.0705. The molecule has 2 nitrogen and oxygen atoms in total. The second-order valence-electron chi connectivity index (χ2n) is 5.52. The fourth-order valence-corrected chi connectivity index (χ4v) is 3.59. The van der Waals surface area contributed by atoms with E-state index in [9.17, 15) is 0 Å². The van der Waals surface area contributed by atoms with Crippen LogP contribution in [0.5, 0.6) is 0 Å². The van der Waals surface area contributed by atoms with E-state index in [0.29, 0.717) is 10.0 Å². The smallest absolute Gasteiger partial charge is 0.0640 e. The first-order chi connectivity index (χ1) is 9.96. The van der Waals surface area contributed by atoms with Gasteiger partial charge in [-0.05, 0) is 44.6 Å². The van der Waals surface area contributed by atoms with Gasteiger partial charge in [0.25, 0.3) is 0 Å². The molecule has 4 heteroatoms. The average Bonchev–Trinajstić information content (AvgIpc) is 2.49. The molecule has 0 aliphatic rings. The van der Waals surface area contributed by atoms with Gasteiger partial charge in [-0.3, -0.25) is 4.90 Å². The van der Waals surface area contributed by atoms with E-state index in [2.05, 4.69) is 50.9 Å². The highest BCUT2D eigenvalue weighted by Gasteiger charge is 2.38. The van der Waals surface area contributed by atoms with E-state index in [1.165, 1.54) is 0 Å². The molecular formula is C17H28Cl2N2. The topological polar surface area (TPSA) is 15.3 Å². The Morgan fingerprint density at radius 3 is 2.24 bits per heavy atom. The van der Waals surface area contributed by atoms with Gasteiger partial charge in [0.15, 0.2) is 0 Å². The fourth-order valence-electron chi connectivity index (χ4n) is 3.17. The Kier molecular flexibility index (Phi) is 7.49. The zero-order valence-electron chi connectivity index (χ0n) is 13.8. The first-order valence-corrected chi connectivity index (χ1v) is 8.64. The molecule has 0 saturated heterocycles. The molecule has 0 aliphatic heterocycles. The highest BCUT2D eigenvalue weighted by atomic mass is 35.5. The molecular weight excluding hydrogens is 303 g/mol. The molecule has 1 aromatic rings. The van der Waals surface area contributed by atoms with Gasteiger partial charge < -0.3 is 5.32 Å². The quantitative estimate of drug-likeness (QED) is 0.708. The van der Waals surface area contributed by atoms with E-state index in [1.54, 1.807) is 0 Å². The van der Waals surface area contributed by atoms with Crippen molar-refractivity contribution in [1.29, 1.82) is 0 Å². The number of hydrogen-bond acceptors (Lipinski definition) is 2. The van der Waals surface area contributed by atoms with Crippen LogP contribution in [0, 0.1) is 0 Å². The third-order valence-corrected chi connectivity index (χ3v) is 5.36. The van der Waals surface area contributed by atoms with Crippen molar-refractivity contribution < 1.29 is 0 Å². The largest absolute Gasteiger partial charge is 0.309 e. The number of nitrogens with one attached hydrogen (secondary N) is 1. The Morgan fingerprint density at radius 2 is 1.76 bits per heavy atom. The van der Waals surface area contributed by atoms with Crippen LogP contribution in [0.1, 0.15) is 52.6 Å². The lowest BCUT2D eigenvalue weighted by Gasteiger charge is -2.46. The van der Waals surface area contributed by atoms with Crippen LogP contribution in [0.4, 0.5) is 0 Å². The number of rotatable bonds is 8. The maximum atomic E-state index is 6.49. The minimum atomic E-state index is -0.00612. The minimum absolute atomic E-state index is 0.00612. The molecule has 1 rings (SSSR count). The summed E-state index contributed by atoms with van der Waals surface area (Å²) in [6, 6.07) is 6.06. The van der Waals surface area contributed by atoms with Crippen molar-refractivity contribution in [3.05, 3.63) is 33.8 Å². The van der Waals surface area contributed by atoms with Gasteiger partial charge in [0.2, 0.25) is 0 Å². The number of likely N-dealkylation sites (N-methyl/N-ethyl adjacent to an activating group) is 2. The molecule has 0 heterocycles. The van der Waals surface area contributed by atoms with Crippen LogP contribution in [0.25, 0.3) is 0 Å². The summed E-state index contributed by atoms with van der Waals surface area (Å²) in [4.78, 5) is 2.50. The summed E-state index contributed by atoms with van der Waals surface area (Å²) in [5, 5.41) is 4.91. The van der Waals surface area contributed by atoms with Crippen LogP contribution >= 0.6 is 23.2 Å². The van der Waals surface area contributed by atoms with Gasteiger partial charge in [-0.25, -0.2) is 0 Å². The molecule has 0 fully saturated rings. The molecule has 0 amide bonds. The Hall–Kier alpha value is -0.280.